The lowest BCUT2D eigenvalue weighted by molar-refractivity contribution is -0.137. The van der Waals surface area contributed by atoms with Crippen molar-refractivity contribution < 1.29 is 32.2 Å². The molecule has 3 rings (SSSR count). The van der Waals surface area contributed by atoms with Gasteiger partial charge in [0.05, 0.1) is 23.4 Å². The quantitative estimate of drug-likeness (QED) is 0.468. The van der Waals surface area contributed by atoms with E-state index < -0.39 is 23.8 Å². The van der Waals surface area contributed by atoms with Gasteiger partial charge in [-0.15, -0.1) is 0 Å². The van der Waals surface area contributed by atoms with E-state index in [9.17, 15) is 27.5 Å². The zero-order valence-corrected chi connectivity index (χ0v) is 18.1. The normalized spacial score (nSPS) is 12.5. The molecule has 1 atom stereocenters. The van der Waals surface area contributed by atoms with Crippen molar-refractivity contribution >= 4 is 17.5 Å². The second-order valence-electron chi connectivity index (χ2n) is 7.23. The Bertz CT molecular complexity index is 1100. The van der Waals surface area contributed by atoms with Crippen LogP contribution in [-0.4, -0.2) is 40.0 Å². The van der Waals surface area contributed by atoms with E-state index in [0.29, 0.717) is 5.69 Å². The number of halogens is 5. The molecule has 1 amide bonds. The summed E-state index contributed by atoms with van der Waals surface area (Å²) in [5.41, 5.74) is 0.434. The predicted octanol–water partition coefficient (Wildman–Crippen LogP) is 4.22. The molecular formula is C22H20ClF4N3O3. The Labute approximate surface area is 191 Å². The first kappa shape index (κ1) is 24.5. The van der Waals surface area contributed by atoms with E-state index in [4.69, 9.17) is 16.3 Å². The zero-order valence-electron chi connectivity index (χ0n) is 17.4. The lowest BCUT2D eigenvalue weighted by atomic mass is 10.2. The number of carbonyl (C=O) groups is 1. The highest BCUT2D eigenvalue weighted by Crippen LogP contribution is 2.30. The number of amides is 1. The Hall–Kier alpha value is -3.11. The molecule has 0 saturated carbocycles. The number of aliphatic hydroxyl groups is 1. The van der Waals surface area contributed by atoms with Gasteiger partial charge in [-0.25, -0.2) is 9.07 Å². The number of benzene rings is 2. The molecular weight excluding hydrogens is 466 g/mol. The number of nitrogens with one attached hydrogen (secondary N) is 1. The Morgan fingerprint density at radius 1 is 1.18 bits per heavy atom. The van der Waals surface area contributed by atoms with Gasteiger partial charge in [0.2, 0.25) is 0 Å². The van der Waals surface area contributed by atoms with Crippen molar-refractivity contribution in [1.29, 1.82) is 0 Å². The second kappa shape index (κ2) is 10.2. The molecule has 0 aliphatic carbocycles. The van der Waals surface area contributed by atoms with Crippen molar-refractivity contribution in [2.75, 3.05) is 13.2 Å². The summed E-state index contributed by atoms with van der Waals surface area (Å²) in [4.78, 5) is 12.5. The predicted molar refractivity (Wildman–Crippen MR) is 113 cm³/mol. The van der Waals surface area contributed by atoms with Crippen LogP contribution in [0, 0.1) is 12.7 Å². The second-order valence-corrected chi connectivity index (χ2v) is 7.59. The van der Waals surface area contributed by atoms with E-state index >= 15 is 0 Å². The van der Waals surface area contributed by atoms with Gasteiger partial charge in [0.25, 0.3) is 5.91 Å². The van der Waals surface area contributed by atoms with E-state index in [-0.39, 0.29) is 42.0 Å². The van der Waals surface area contributed by atoms with Gasteiger partial charge in [-0.3, -0.25) is 4.79 Å². The first-order valence-corrected chi connectivity index (χ1v) is 10.2. The summed E-state index contributed by atoms with van der Waals surface area (Å²) >= 11 is 6.31. The summed E-state index contributed by atoms with van der Waals surface area (Å²) in [5, 5.41) is 16.9. The molecule has 6 nitrogen and oxygen atoms in total. The average Bonchev–Trinajstić information content (AvgIpc) is 3.04. The van der Waals surface area contributed by atoms with Crippen LogP contribution in [0.3, 0.4) is 0 Å². The molecule has 1 unspecified atom stereocenters. The molecule has 0 saturated heterocycles. The largest absolute Gasteiger partial charge is 0.491 e. The minimum Gasteiger partial charge on any atom is -0.491 e. The van der Waals surface area contributed by atoms with Crippen molar-refractivity contribution in [1.82, 2.24) is 15.1 Å². The number of hydrogen-bond donors (Lipinski definition) is 2. The molecule has 0 bridgehead atoms. The van der Waals surface area contributed by atoms with Crippen LogP contribution in [0.25, 0.3) is 0 Å². The number of ether oxygens (including phenoxy) is 1. The van der Waals surface area contributed by atoms with Gasteiger partial charge in [0, 0.05) is 6.54 Å². The number of aliphatic hydroxyl groups excluding tert-OH is 1. The molecule has 176 valence electrons. The van der Waals surface area contributed by atoms with E-state index in [1.54, 1.807) is 19.1 Å². The number of rotatable bonds is 8. The van der Waals surface area contributed by atoms with Crippen LogP contribution in [0.4, 0.5) is 17.6 Å². The summed E-state index contributed by atoms with van der Waals surface area (Å²) < 4.78 is 57.5. The summed E-state index contributed by atoms with van der Waals surface area (Å²) in [6.45, 7) is 1.41. The van der Waals surface area contributed by atoms with Gasteiger partial charge >= 0.3 is 6.18 Å². The summed E-state index contributed by atoms with van der Waals surface area (Å²) in [6, 6.07) is 9.81. The molecule has 11 heteroatoms. The average molecular weight is 486 g/mol. The van der Waals surface area contributed by atoms with E-state index in [1.165, 1.54) is 16.8 Å². The van der Waals surface area contributed by atoms with Crippen LogP contribution in [0.5, 0.6) is 5.75 Å². The zero-order chi connectivity index (χ0) is 24.2. The highest BCUT2D eigenvalue weighted by atomic mass is 35.5. The maximum atomic E-state index is 13.1. The van der Waals surface area contributed by atoms with Crippen molar-refractivity contribution in [3.8, 4) is 5.75 Å². The van der Waals surface area contributed by atoms with Crippen molar-refractivity contribution in [2.24, 2.45) is 0 Å². The van der Waals surface area contributed by atoms with Gasteiger partial charge in [0.1, 0.15) is 29.4 Å². The summed E-state index contributed by atoms with van der Waals surface area (Å²) in [5.74, 6) is -0.784. The third-order valence-corrected chi connectivity index (χ3v) is 5.04. The maximum Gasteiger partial charge on any atom is 0.416 e. The number of alkyl halides is 3. The molecule has 2 N–H and O–H groups in total. The minimum absolute atomic E-state index is 0.0878. The number of nitrogens with zero attached hydrogens (tertiary/aromatic N) is 2. The van der Waals surface area contributed by atoms with Gasteiger partial charge in [0.15, 0.2) is 0 Å². The van der Waals surface area contributed by atoms with E-state index in [1.807, 2.05) is 0 Å². The molecule has 0 aliphatic heterocycles. The van der Waals surface area contributed by atoms with Crippen LogP contribution < -0.4 is 10.1 Å². The number of aromatic nitrogens is 2. The minimum atomic E-state index is -4.45. The third-order valence-electron chi connectivity index (χ3n) is 4.66. The maximum absolute atomic E-state index is 13.1. The van der Waals surface area contributed by atoms with Crippen molar-refractivity contribution in [3.05, 3.63) is 81.9 Å². The van der Waals surface area contributed by atoms with E-state index in [2.05, 4.69) is 10.4 Å². The molecule has 3 aromatic rings. The van der Waals surface area contributed by atoms with Gasteiger partial charge in [-0.1, -0.05) is 23.7 Å². The highest BCUT2D eigenvalue weighted by Gasteiger charge is 2.30. The molecule has 0 fully saturated rings. The number of aryl methyl sites for hydroxylation is 1. The third kappa shape index (κ3) is 6.45. The van der Waals surface area contributed by atoms with Gasteiger partial charge in [-0.2, -0.15) is 18.3 Å². The SMILES string of the molecule is Cc1nn(Cc2ccc(F)cc2)c(Cl)c1C(=O)NCC(O)COc1ccc(C(F)(F)F)cc1. The van der Waals surface area contributed by atoms with Crippen LogP contribution >= 0.6 is 11.6 Å². The Morgan fingerprint density at radius 3 is 2.42 bits per heavy atom. The Morgan fingerprint density at radius 2 is 1.82 bits per heavy atom. The molecule has 2 aromatic carbocycles. The monoisotopic (exact) mass is 485 g/mol. The first-order valence-electron chi connectivity index (χ1n) is 9.78. The standard InChI is InChI=1S/C22H20ClF4N3O3/c1-13-19(20(23)30(29-13)11-14-2-6-16(24)7-3-14)21(32)28-10-17(31)12-33-18-8-4-15(5-9-18)22(25,26)27/h2-9,17,31H,10-12H2,1H3,(H,28,32). The van der Waals surface area contributed by atoms with E-state index in [0.717, 1.165) is 29.8 Å². The fourth-order valence-corrected chi connectivity index (χ4v) is 3.29. The van der Waals surface area contributed by atoms with Gasteiger partial charge in [-0.05, 0) is 48.9 Å². The molecule has 33 heavy (non-hydrogen) atoms. The first-order chi connectivity index (χ1) is 15.5. The molecule has 0 spiro atoms. The molecule has 0 radical (unpaired) electrons. The topological polar surface area (TPSA) is 76.4 Å². The fraction of sp³-hybridized carbons (Fsp3) is 0.273. The number of carbonyl (C=O) groups excluding carboxylic acids is 1. The van der Waals surface area contributed by atoms with Crippen molar-refractivity contribution in [3.63, 3.8) is 0 Å². The fourth-order valence-electron chi connectivity index (χ4n) is 2.97. The molecule has 1 heterocycles. The molecule has 1 aromatic heterocycles. The van der Waals surface area contributed by atoms with Gasteiger partial charge < -0.3 is 15.2 Å². The smallest absolute Gasteiger partial charge is 0.416 e. The Kier molecular flexibility index (Phi) is 7.60. The van der Waals surface area contributed by atoms with Crippen LogP contribution in [0.15, 0.2) is 48.5 Å². The highest BCUT2D eigenvalue weighted by molar-refractivity contribution is 6.33. The lowest BCUT2D eigenvalue weighted by Gasteiger charge is -2.14. The summed E-state index contributed by atoms with van der Waals surface area (Å²) in [7, 11) is 0. The van der Waals surface area contributed by atoms with Crippen molar-refractivity contribution in [2.45, 2.75) is 25.7 Å². The van der Waals surface area contributed by atoms with Crippen LogP contribution in [-0.2, 0) is 12.7 Å². The summed E-state index contributed by atoms with van der Waals surface area (Å²) in [6.07, 6.45) is -5.57. The lowest BCUT2D eigenvalue weighted by Crippen LogP contribution is -2.35. The molecule has 0 aliphatic rings. The Balaban J connectivity index is 1.53. The number of hydrogen-bond acceptors (Lipinski definition) is 4. The van der Waals surface area contributed by atoms with Crippen LogP contribution in [0.2, 0.25) is 5.15 Å². The van der Waals surface area contributed by atoms with Crippen LogP contribution in [0.1, 0.15) is 27.2 Å².